The summed E-state index contributed by atoms with van der Waals surface area (Å²) in [5.74, 6) is -1.04. The second-order valence-electron chi connectivity index (χ2n) is 5.02. The van der Waals surface area contributed by atoms with Gasteiger partial charge in [0.2, 0.25) is 0 Å². The first-order valence-electron chi connectivity index (χ1n) is 6.92. The van der Waals surface area contributed by atoms with Crippen LogP contribution in [0.4, 0.5) is 4.79 Å². The van der Waals surface area contributed by atoms with Gasteiger partial charge in [0.15, 0.2) is 0 Å². The summed E-state index contributed by atoms with van der Waals surface area (Å²) in [6, 6.07) is -1.23. The molecule has 0 unspecified atom stereocenters. The van der Waals surface area contributed by atoms with Crippen molar-refractivity contribution in [2.75, 3.05) is 13.1 Å². The molecule has 1 aliphatic rings. The van der Waals surface area contributed by atoms with E-state index in [2.05, 4.69) is 15.3 Å². The number of rotatable bonds is 4. The third kappa shape index (κ3) is 3.97. The van der Waals surface area contributed by atoms with Crippen molar-refractivity contribution in [1.82, 2.24) is 20.2 Å². The summed E-state index contributed by atoms with van der Waals surface area (Å²) in [4.78, 5) is 31.8. The highest BCUT2D eigenvalue weighted by Crippen LogP contribution is 2.10. The van der Waals surface area contributed by atoms with E-state index in [9.17, 15) is 14.7 Å². The largest absolute Gasteiger partial charge is 0.480 e. The van der Waals surface area contributed by atoms with Crippen LogP contribution < -0.4 is 5.32 Å². The van der Waals surface area contributed by atoms with Crippen LogP contribution in [-0.4, -0.2) is 51.1 Å². The predicted molar refractivity (Wildman–Crippen MR) is 72.3 cm³/mol. The molecule has 2 amide bonds. The van der Waals surface area contributed by atoms with E-state index in [0.29, 0.717) is 18.8 Å². The molecule has 0 spiro atoms. The molecule has 0 aliphatic carbocycles. The number of hydrogen-bond donors (Lipinski definition) is 3. The maximum atomic E-state index is 12.1. The van der Waals surface area contributed by atoms with Gasteiger partial charge in [-0.2, -0.15) is 0 Å². The first-order chi connectivity index (χ1) is 9.66. The molecule has 1 aliphatic heterocycles. The molecule has 0 radical (unpaired) electrons. The monoisotopic (exact) mass is 280 g/mol. The second kappa shape index (κ2) is 6.93. The number of aromatic amines is 1. The molecule has 1 fully saturated rings. The topological polar surface area (TPSA) is 98.3 Å². The molecule has 110 valence electrons. The van der Waals surface area contributed by atoms with Crippen LogP contribution in [0.3, 0.4) is 0 Å². The van der Waals surface area contributed by atoms with Gasteiger partial charge in [0.25, 0.3) is 0 Å². The first-order valence-corrected chi connectivity index (χ1v) is 6.92. The van der Waals surface area contributed by atoms with Crippen LogP contribution in [0.2, 0.25) is 0 Å². The number of hydrogen-bond acceptors (Lipinski definition) is 3. The molecule has 0 bridgehead atoms. The van der Waals surface area contributed by atoms with E-state index in [1.807, 2.05) is 0 Å². The van der Waals surface area contributed by atoms with Crippen LogP contribution in [0.1, 0.15) is 31.4 Å². The third-order valence-corrected chi connectivity index (χ3v) is 3.47. The quantitative estimate of drug-likeness (QED) is 0.766. The number of aromatic nitrogens is 2. The van der Waals surface area contributed by atoms with Gasteiger partial charge >= 0.3 is 12.0 Å². The Labute approximate surface area is 117 Å². The number of nitrogens with zero attached hydrogens (tertiary/aromatic N) is 2. The van der Waals surface area contributed by atoms with Gasteiger partial charge in [-0.05, 0) is 12.8 Å². The average molecular weight is 280 g/mol. The van der Waals surface area contributed by atoms with Gasteiger partial charge < -0.3 is 20.3 Å². The molecule has 20 heavy (non-hydrogen) atoms. The summed E-state index contributed by atoms with van der Waals surface area (Å²) in [6.07, 6.45) is 7.46. The molecule has 3 N–H and O–H groups in total. The van der Waals surface area contributed by atoms with Gasteiger partial charge in [0, 0.05) is 31.4 Å². The number of amides is 2. The van der Waals surface area contributed by atoms with E-state index < -0.39 is 12.0 Å². The van der Waals surface area contributed by atoms with Crippen molar-refractivity contribution in [3.63, 3.8) is 0 Å². The number of likely N-dealkylation sites (tertiary alicyclic amines) is 1. The number of aliphatic carboxylic acids is 1. The van der Waals surface area contributed by atoms with Crippen LogP contribution in [-0.2, 0) is 11.2 Å². The Kier molecular flexibility index (Phi) is 4.97. The number of H-pyrrole nitrogens is 1. The molecule has 1 aromatic heterocycles. The third-order valence-electron chi connectivity index (χ3n) is 3.47. The molecule has 0 saturated carbocycles. The number of carbonyl (C=O) groups excluding carboxylic acids is 1. The zero-order valence-corrected chi connectivity index (χ0v) is 11.3. The summed E-state index contributed by atoms with van der Waals surface area (Å²) in [5, 5.41) is 11.8. The van der Waals surface area contributed by atoms with E-state index in [0.717, 1.165) is 25.7 Å². The molecule has 1 aromatic rings. The minimum atomic E-state index is -1.04. The number of carbonyl (C=O) groups is 2. The van der Waals surface area contributed by atoms with E-state index in [-0.39, 0.29) is 12.5 Å². The van der Waals surface area contributed by atoms with Crippen molar-refractivity contribution in [3.8, 4) is 0 Å². The van der Waals surface area contributed by atoms with Crippen LogP contribution in [0, 0.1) is 0 Å². The maximum Gasteiger partial charge on any atom is 0.326 e. The Hall–Kier alpha value is -2.05. The first kappa shape index (κ1) is 14.4. The lowest BCUT2D eigenvalue weighted by Crippen LogP contribution is -2.49. The Morgan fingerprint density at radius 1 is 1.35 bits per heavy atom. The highest BCUT2D eigenvalue weighted by molar-refractivity contribution is 5.82. The van der Waals surface area contributed by atoms with Gasteiger partial charge in [-0.1, -0.05) is 12.8 Å². The van der Waals surface area contributed by atoms with Crippen molar-refractivity contribution in [1.29, 1.82) is 0 Å². The average Bonchev–Trinajstić information content (AvgIpc) is 2.77. The summed E-state index contributed by atoms with van der Waals surface area (Å²) < 4.78 is 0. The van der Waals surface area contributed by atoms with Crippen LogP contribution >= 0.6 is 0 Å². The Bertz CT molecular complexity index is 438. The fraction of sp³-hybridized carbons (Fsp3) is 0.615. The van der Waals surface area contributed by atoms with E-state index >= 15 is 0 Å². The van der Waals surface area contributed by atoms with Crippen molar-refractivity contribution < 1.29 is 14.7 Å². The molecular weight excluding hydrogens is 260 g/mol. The molecule has 7 heteroatoms. The van der Waals surface area contributed by atoms with Crippen LogP contribution in [0.5, 0.6) is 0 Å². The lowest BCUT2D eigenvalue weighted by Gasteiger charge is -2.23. The highest BCUT2D eigenvalue weighted by atomic mass is 16.4. The van der Waals surface area contributed by atoms with Crippen LogP contribution in [0.25, 0.3) is 0 Å². The van der Waals surface area contributed by atoms with E-state index in [1.165, 1.54) is 6.33 Å². The summed E-state index contributed by atoms with van der Waals surface area (Å²) in [7, 11) is 0. The molecular formula is C13H20N4O3. The van der Waals surface area contributed by atoms with Gasteiger partial charge in [0.1, 0.15) is 6.04 Å². The predicted octanol–water partition coefficient (Wildman–Crippen LogP) is 0.991. The molecule has 1 saturated heterocycles. The second-order valence-corrected chi connectivity index (χ2v) is 5.02. The minimum Gasteiger partial charge on any atom is -0.480 e. The minimum absolute atomic E-state index is 0.203. The standard InChI is InChI=1S/C13H20N4O3/c18-12(19)11(7-10-8-14-9-15-10)16-13(20)17-5-3-1-2-4-6-17/h8-9,11H,1-7H2,(H,14,15)(H,16,20)(H,18,19)/t11-/m0/s1. The van der Waals surface area contributed by atoms with E-state index in [4.69, 9.17) is 0 Å². The molecule has 2 heterocycles. The Morgan fingerprint density at radius 2 is 2.05 bits per heavy atom. The normalized spacial score (nSPS) is 17.3. The molecule has 2 rings (SSSR count). The molecule has 0 aromatic carbocycles. The Balaban J connectivity index is 1.93. The Morgan fingerprint density at radius 3 is 2.60 bits per heavy atom. The smallest absolute Gasteiger partial charge is 0.326 e. The van der Waals surface area contributed by atoms with Gasteiger partial charge in [-0.3, -0.25) is 0 Å². The zero-order valence-electron chi connectivity index (χ0n) is 11.3. The highest BCUT2D eigenvalue weighted by Gasteiger charge is 2.24. The number of nitrogens with one attached hydrogen (secondary N) is 2. The van der Waals surface area contributed by atoms with Gasteiger partial charge in [-0.15, -0.1) is 0 Å². The van der Waals surface area contributed by atoms with Crippen molar-refractivity contribution in [2.24, 2.45) is 0 Å². The van der Waals surface area contributed by atoms with Crippen molar-refractivity contribution in [3.05, 3.63) is 18.2 Å². The summed E-state index contributed by atoms with van der Waals surface area (Å²) >= 11 is 0. The fourth-order valence-corrected chi connectivity index (χ4v) is 2.33. The lowest BCUT2D eigenvalue weighted by molar-refractivity contribution is -0.139. The number of imidazole rings is 1. The lowest BCUT2D eigenvalue weighted by atomic mass is 10.1. The van der Waals surface area contributed by atoms with Gasteiger partial charge in [0.05, 0.1) is 6.33 Å². The van der Waals surface area contributed by atoms with Gasteiger partial charge in [-0.25, -0.2) is 14.6 Å². The van der Waals surface area contributed by atoms with E-state index in [1.54, 1.807) is 11.1 Å². The number of urea groups is 1. The SMILES string of the molecule is O=C(O)[C@H](Cc1cnc[nH]1)NC(=O)N1CCCCCC1. The number of carboxylic acids is 1. The van der Waals surface area contributed by atoms with Crippen LogP contribution in [0.15, 0.2) is 12.5 Å². The van der Waals surface area contributed by atoms with Crippen molar-refractivity contribution >= 4 is 12.0 Å². The fourth-order valence-electron chi connectivity index (χ4n) is 2.33. The molecule has 1 atom stereocenters. The maximum absolute atomic E-state index is 12.1. The number of carboxylic acid groups (broad SMARTS) is 1. The summed E-state index contributed by atoms with van der Waals surface area (Å²) in [5.41, 5.74) is 0.688. The van der Waals surface area contributed by atoms with Crippen molar-refractivity contribution in [2.45, 2.75) is 38.1 Å². The summed E-state index contributed by atoms with van der Waals surface area (Å²) in [6.45, 7) is 1.39. The molecule has 7 nitrogen and oxygen atoms in total. The zero-order chi connectivity index (χ0) is 14.4.